The molecule has 2 rings (SSSR count). The van der Waals surface area contributed by atoms with E-state index < -0.39 is 0 Å². The number of nitrogens with zero attached hydrogens (tertiary/aromatic N) is 2. The van der Waals surface area contributed by atoms with Gasteiger partial charge in [-0.2, -0.15) is 0 Å². The molecule has 0 bridgehead atoms. The number of rotatable bonds is 5. The molecule has 1 aromatic heterocycles. The van der Waals surface area contributed by atoms with Crippen LogP contribution in [-0.4, -0.2) is 28.5 Å². The van der Waals surface area contributed by atoms with Crippen molar-refractivity contribution in [2.75, 3.05) is 18.5 Å². The smallest absolute Gasteiger partial charge is 0.159 e. The molecule has 2 aromatic rings. The normalized spacial score (nSPS) is 10.7. The molecule has 0 saturated heterocycles. The van der Waals surface area contributed by atoms with E-state index in [1.54, 1.807) is 0 Å². The van der Waals surface area contributed by atoms with Gasteiger partial charge in [-0.15, -0.1) is 10.2 Å². The van der Waals surface area contributed by atoms with Crippen LogP contribution in [-0.2, 0) is 0 Å². The molecule has 5 heteroatoms. The fraction of sp³-hybridized carbons (Fsp3) is 0.333. The number of halogens is 1. The van der Waals surface area contributed by atoms with Crippen molar-refractivity contribution in [3.8, 4) is 0 Å². The average molecular weight is 252 g/mol. The Labute approximate surface area is 105 Å². The number of aliphatic hydroxyl groups is 1. The van der Waals surface area contributed by atoms with Gasteiger partial charge in [-0.05, 0) is 12.8 Å². The number of unbranched alkanes of at least 4 members (excludes halogenated alkanes) is 1. The monoisotopic (exact) mass is 251 g/mol. The molecule has 4 nitrogen and oxygen atoms in total. The van der Waals surface area contributed by atoms with E-state index in [2.05, 4.69) is 15.5 Å². The van der Waals surface area contributed by atoms with E-state index >= 15 is 0 Å². The molecule has 0 saturated carbocycles. The molecular weight excluding hydrogens is 238 g/mol. The van der Waals surface area contributed by atoms with Crippen molar-refractivity contribution in [2.45, 2.75) is 12.8 Å². The predicted octanol–water partition coefficient (Wildman–Crippen LogP) is 2.47. The molecule has 17 heavy (non-hydrogen) atoms. The number of aliphatic hydroxyl groups excluding tert-OH is 1. The highest BCUT2D eigenvalue weighted by Crippen LogP contribution is 2.25. The number of anilines is 1. The molecule has 1 aromatic carbocycles. The largest absolute Gasteiger partial charge is 0.396 e. The van der Waals surface area contributed by atoms with Crippen molar-refractivity contribution < 1.29 is 5.11 Å². The summed E-state index contributed by atoms with van der Waals surface area (Å²) in [5.41, 5.74) is 0. The van der Waals surface area contributed by atoms with Crippen LogP contribution in [0, 0.1) is 0 Å². The highest BCUT2D eigenvalue weighted by atomic mass is 35.5. The van der Waals surface area contributed by atoms with Crippen LogP contribution >= 0.6 is 11.6 Å². The van der Waals surface area contributed by atoms with Gasteiger partial charge in [-0.3, -0.25) is 0 Å². The molecule has 0 atom stereocenters. The Morgan fingerprint density at radius 3 is 2.65 bits per heavy atom. The van der Waals surface area contributed by atoms with E-state index in [1.807, 2.05) is 24.3 Å². The van der Waals surface area contributed by atoms with Gasteiger partial charge in [0.1, 0.15) is 0 Å². The number of fused-ring (bicyclic) bond motifs is 1. The molecule has 2 N–H and O–H groups in total. The Kier molecular flexibility index (Phi) is 4.12. The molecule has 0 unspecified atom stereocenters. The lowest BCUT2D eigenvalue weighted by Gasteiger charge is -2.08. The van der Waals surface area contributed by atoms with Gasteiger partial charge in [0.05, 0.1) is 0 Å². The summed E-state index contributed by atoms with van der Waals surface area (Å²) < 4.78 is 0. The molecule has 0 aliphatic heterocycles. The zero-order valence-corrected chi connectivity index (χ0v) is 10.1. The lowest BCUT2D eigenvalue weighted by Crippen LogP contribution is -2.05. The Balaban J connectivity index is 2.20. The van der Waals surface area contributed by atoms with E-state index in [-0.39, 0.29) is 6.61 Å². The lowest BCUT2D eigenvalue weighted by molar-refractivity contribution is 0.286. The minimum atomic E-state index is 0.217. The number of nitrogens with one attached hydrogen (secondary N) is 1. The fourth-order valence-corrected chi connectivity index (χ4v) is 1.85. The van der Waals surface area contributed by atoms with E-state index in [0.717, 1.165) is 36.0 Å². The van der Waals surface area contributed by atoms with Gasteiger partial charge in [-0.25, -0.2) is 0 Å². The van der Waals surface area contributed by atoms with Gasteiger partial charge in [-0.1, -0.05) is 35.9 Å². The second-order valence-electron chi connectivity index (χ2n) is 3.74. The van der Waals surface area contributed by atoms with Crippen LogP contribution in [0.25, 0.3) is 10.8 Å². The van der Waals surface area contributed by atoms with Crippen molar-refractivity contribution >= 4 is 28.2 Å². The Morgan fingerprint density at radius 1 is 1.12 bits per heavy atom. The highest BCUT2D eigenvalue weighted by molar-refractivity contribution is 6.34. The zero-order valence-electron chi connectivity index (χ0n) is 9.36. The molecular formula is C12H14ClN3O. The zero-order chi connectivity index (χ0) is 12.1. The topological polar surface area (TPSA) is 58.0 Å². The second kappa shape index (κ2) is 5.80. The van der Waals surface area contributed by atoms with E-state index in [1.165, 1.54) is 0 Å². The molecule has 0 radical (unpaired) electrons. The summed E-state index contributed by atoms with van der Waals surface area (Å²) in [4.78, 5) is 0. The summed E-state index contributed by atoms with van der Waals surface area (Å²) in [5.74, 6) is 0.739. The quantitative estimate of drug-likeness (QED) is 0.802. The Morgan fingerprint density at radius 2 is 1.88 bits per heavy atom. The van der Waals surface area contributed by atoms with Gasteiger partial charge in [0.2, 0.25) is 0 Å². The third-order valence-corrected chi connectivity index (χ3v) is 2.80. The average Bonchev–Trinajstić information content (AvgIpc) is 2.37. The van der Waals surface area contributed by atoms with Crippen molar-refractivity contribution in [1.29, 1.82) is 0 Å². The predicted molar refractivity (Wildman–Crippen MR) is 69.4 cm³/mol. The summed E-state index contributed by atoms with van der Waals surface area (Å²) in [6, 6.07) is 7.75. The lowest BCUT2D eigenvalue weighted by atomic mass is 10.2. The number of aromatic nitrogens is 2. The molecule has 0 aliphatic carbocycles. The maximum absolute atomic E-state index is 8.70. The van der Waals surface area contributed by atoms with Crippen LogP contribution in [0.3, 0.4) is 0 Å². The summed E-state index contributed by atoms with van der Waals surface area (Å²) in [7, 11) is 0. The Bertz CT molecular complexity index is 504. The molecule has 0 aliphatic rings. The van der Waals surface area contributed by atoms with E-state index in [0.29, 0.717) is 5.15 Å². The van der Waals surface area contributed by atoms with Crippen LogP contribution in [0.1, 0.15) is 12.8 Å². The molecule has 1 heterocycles. The van der Waals surface area contributed by atoms with Gasteiger partial charge in [0.15, 0.2) is 11.0 Å². The van der Waals surface area contributed by atoms with Crippen molar-refractivity contribution in [3.63, 3.8) is 0 Å². The van der Waals surface area contributed by atoms with Crippen LogP contribution < -0.4 is 5.32 Å². The van der Waals surface area contributed by atoms with E-state index in [9.17, 15) is 0 Å². The first-order valence-electron chi connectivity index (χ1n) is 5.58. The summed E-state index contributed by atoms with van der Waals surface area (Å²) >= 11 is 5.98. The third kappa shape index (κ3) is 2.84. The maximum atomic E-state index is 8.70. The second-order valence-corrected chi connectivity index (χ2v) is 4.10. The van der Waals surface area contributed by atoms with Gasteiger partial charge < -0.3 is 10.4 Å². The first-order valence-corrected chi connectivity index (χ1v) is 5.96. The standard InChI is InChI=1S/C12H14ClN3O/c13-11-9-5-1-2-6-10(9)12(16-15-11)14-7-3-4-8-17/h1-2,5-6,17H,3-4,7-8H2,(H,14,16). The van der Waals surface area contributed by atoms with Crippen molar-refractivity contribution in [2.24, 2.45) is 0 Å². The minimum Gasteiger partial charge on any atom is -0.396 e. The van der Waals surface area contributed by atoms with E-state index in [4.69, 9.17) is 16.7 Å². The van der Waals surface area contributed by atoms with Crippen LogP contribution in [0.4, 0.5) is 5.82 Å². The highest BCUT2D eigenvalue weighted by Gasteiger charge is 2.06. The summed E-state index contributed by atoms with van der Waals surface area (Å²) in [6.07, 6.45) is 1.68. The number of benzene rings is 1. The van der Waals surface area contributed by atoms with Crippen LogP contribution in [0.15, 0.2) is 24.3 Å². The van der Waals surface area contributed by atoms with Gasteiger partial charge in [0.25, 0.3) is 0 Å². The third-order valence-electron chi connectivity index (χ3n) is 2.52. The number of hydrogen-bond donors (Lipinski definition) is 2. The maximum Gasteiger partial charge on any atom is 0.159 e. The van der Waals surface area contributed by atoms with Crippen LogP contribution in [0.2, 0.25) is 5.15 Å². The molecule has 0 fully saturated rings. The first-order chi connectivity index (χ1) is 8.33. The van der Waals surface area contributed by atoms with Crippen LogP contribution in [0.5, 0.6) is 0 Å². The minimum absolute atomic E-state index is 0.217. The molecule has 0 amide bonds. The SMILES string of the molecule is OCCCCNc1nnc(Cl)c2ccccc12. The van der Waals surface area contributed by atoms with Gasteiger partial charge >= 0.3 is 0 Å². The molecule has 0 spiro atoms. The Hall–Kier alpha value is -1.39. The van der Waals surface area contributed by atoms with Gasteiger partial charge in [0, 0.05) is 23.9 Å². The summed E-state index contributed by atoms with van der Waals surface area (Å²) in [5, 5.41) is 22.1. The summed E-state index contributed by atoms with van der Waals surface area (Å²) in [6.45, 7) is 0.982. The fourth-order valence-electron chi connectivity index (χ4n) is 1.65. The molecule has 90 valence electrons. The first kappa shape index (κ1) is 12.1. The van der Waals surface area contributed by atoms with Crippen molar-refractivity contribution in [1.82, 2.24) is 10.2 Å². The number of hydrogen-bond acceptors (Lipinski definition) is 4. The van der Waals surface area contributed by atoms with Crippen molar-refractivity contribution in [3.05, 3.63) is 29.4 Å².